The molecule has 0 saturated carbocycles. The number of halogens is 2. The van der Waals surface area contributed by atoms with Gasteiger partial charge in [-0.2, -0.15) is 10.2 Å². The van der Waals surface area contributed by atoms with Crippen LogP contribution in [0.4, 0.5) is 5.82 Å². The molecular formula is C16H13Cl2N5O2. The van der Waals surface area contributed by atoms with Crippen LogP contribution in [-0.2, 0) is 13.6 Å². The van der Waals surface area contributed by atoms with Crippen LogP contribution in [0.15, 0.2) is 47.4 Å². The second-order valence-electron chi connectivity index (χ2n) is 5.22. The van der Waals surface area contributed by atoms with Crippen LogP contribution in [0.5, 0.6) is 0 Å². The Morgan fingerprint density at radius 2 is 2.00 bits per heavy atom. The molecule has 0 radical (unpaired) electrons. The second kappa shape index (κ2) is 7.08. The lowest BCUT2D eigenvalue weighted by Crippen LogP contribution is -2.24. The zero-order valence-corrected chi connectivity index (χ0v) is 14.6. The number of amides is 1. The molecule has 0 fully saturated rings. The van der Waals surface area contributed by atoms with E-state index in [2.05, 4.69) is 15.5 Å². The summed E-state index contributed by atoms with van der Waals surface area (Å²) in [4.78, 5) is 23.7. The van der Waals surface area contributed by atoms with E-state index in [-0.39, 0.29) is 11.3 Å². The van der Waals surface area contributed by atoms with Crippen LogP contribution < -0.4 is 10.9 Å². The highest BCUT2D eigenvalue weighted by molar-refractivity contribution is 6.42. The van der Waals surface area contributed by atoms with Gasteiger partial charge in [0.25, 0.3) is 11.5 Å². The van der Waals surface area contributed by atoms with Crippen molar-refractivity contribution >= 4 is 34.9 Å². The number of aryl methyl sites for hydroxylation is 1. The Kier molecular flexibility index (Phi) is 4.87. The topological polar surface area (TPSA) is 81.8 Å². The molecule has 2 heterocycles. The Morgan fingerprint density at radius 1 is 1.20 bits per heavy atom. The molecule has 7 nitrogen and oxygen atoms in total. The lowest BCUT2D eigenvalue weighted by Gasteiger charge is -2.10. The van der Waals surface area contributed by atoms with Crippen LogP contribution in [0.2, 0.25) is 10.0 Å². The molecule has 1 amide bonds. The highest BCUT2D eigenvalue weighted by atomic mass is 35.5. The Labute approximate surface area is 152 Å². The predicted molar refractivity (Wildman–Crippen MR) is 95.2 cm³/mol. The third kappa shape index (κ3) is 3.72. The summed E-state index contributed by atoms with van der Waals surface area (Å²) in [5.41, 5.74) is 0.599. The summed E-state index contributed by atoms with van der Waals surface area (Å²) in [6.45, 7) is 0.336. The average molecular weight is 378 g/mol. The van der Waals surface area contributed by atoms with E-state index < -0.39 is 5.91 Å². The molecule has 1 N–H and O–H groups in total. The van der Waals surface area contributed by atoms with Crippen molar-refractivity contribution < 1.29 is 4.79 Å². The summed E-state index contributed by atoms with van der Waals surface area (Å²) in [6.07, 6.45) is 1.56. The first-order valence-electron chi connectivity index (χ1n) is 7.26. The Balaban J connectivity index is 1.82. The van der Waals surface area contributed by atoms with Gasteiger partial charge < -0.3 is 5.32 Å². The fourth-order valence-electron chi connectivity index (χ4n) is 2.20. The summed E-state index contributed by atoms with van der Waals surface area (Å²) in [7, 11) is 1.48. The molecule has 3 rings (SSSR count). The van der Waals surface area contributed by atoms with Gasteiger partial charge in [0.2, 0.25) is 0 Å². The van der Waals surface area contributed by atoms with Crippen LogP contribution >= 0.6 is 23.2 Å². The molecule has 0 aliphatic heterocycles. The number of benzene rings is 1. The lowest BCUT2D eigenvalue weighted by atomic mass is 10.2. The van der Waals surface area contributed by atoms with E-state index >= 15 is 0 Å². The zero-order chi connectivity index (χ0) is 18.0. The van der Waals surface area contributed by atoms with Gasteiger partial charge in [0.05, 0.1) is 22.8 Å². The largest absolute Gasteiger partial charge is 0.305 e. The molecule has 128 valence electrons. The SMILES string of the molecule is Cn1nc(C(=O)Nc2ccnn2Cc2cccc(Cl)c2Cl)ccc1=O. The molecule has 9 heteroatoms. The molecule has 0 aliphatic rings. The lowest BCUT2D eigenvalue weighted by molar-refractivity contribution is 0.101. The van der Waals surface area contributed by atoms with Crippen LogP contribution in [0, 0.1) is 0 Å². The van der Waals surface area contributed by atoms with Gasteiger partial charge in [0, 0.05) is 19.2 Å². The van der Waals surface area contributed by atoms with Gasteiger partial charge in [-0.05, 0) is 17.7 Å². The number of nitrogens with one attached hydrogen (secondary N) is 1. The number of nitrogens with zero attached hydrogens (tertiary/aromatic N) is 4. The van der Waals surface area contributed by atoms with Crippen molar-refractivity contribution in [2.45, 2.75) is 6.54 Å². The van der Waals surface area contributed by atoms with E-state index in [1.165, 1.54) is 19.2 Å². The summed E-state index contributed by atoms with van der Waals surface area (Å²) in [5.74, 6) is 0.0197. The number of aromatic nitrogens is 4. The third-order valence-electron chi connectivity index (χ3n) is 3.50. The minimum Gasteiger partial charge on any atom is -0.305 e. The highest BCUT2D eigenvalue weighted by Crippen LogP contribution is 2.26. The average Bonchev–Trinajstić information content (AvgIpc) is 3.01. The van der Waals surface area contributed by atoms with Gasteiger partial charge in [-0.3, -0.25) is 9.59 Å². The maximum atomic E-state index is 12.3. The zero-order valence-electron chi connectivity index (χ0n) is 13.1. The number of hydrogen-bond donors (Lipinski definition) is 1. The summed E-state index contributed by atoms with van der Waals surface area (Å²) >= 11 is 12.2. The third-order valence-corrected chi connectivity index (χ3v) is 4.36. The number of anilines is 1. The first-order chi connectivity index (χ1) is 12.0. The quantitative estimate of drug-likeness (QED) is 0.757. The second-order valence-corrected chi connectivity index (χ2v) is 6.01. The van der Waals surface area contributed by atoms with E-state index in [9.17, 15) is 9.59 Å². The molecule has 2 aromatic heterocycles. The van der Waals surface area contributed by atoms with Crippen LogP contribution in [0.3, 0.4) is 0 Å². The molecular weight excluding hydrogens is 365 g/mol. The number of hydrogen-bond acceptors (Lipinski definition) is 4. The molecule has 0 atom stereocenters. The monoisotopic (exact) mass is 377 g/mol. The molecule has 0 unspecified atom stereocenters. The minimum atomic E-state index is -0.449. The first-order valence-corrected chi connectivity index (χ1v) is 8.01. The molecule has 0 bridgehead atoms. The number of rotatable bonds is 4. The number of carbonyl (C=O) groups excluding carboxylic acids is 1. The van der Waals surface area contributed by atoms with E-state index in [4.69, 9.17) is 23.2 Å². The van der Waals surface area contributed by atoms with Crippen molar-refractivity contribution in [2.75, 3.05) is 5.32 Å². The van der Waals surface area contributed by atoms with E-state index in [0.29, 0.717) is 22.4 Å². The fourth-order valence-corrected chi connectivity index (χ4v) is 2.58. The molecule has 1 aromatic carbocycles. The highest BCUT2D eigenvalue weighted by Gasteiger charge is 2.13. The first kappa shape index (κ1) is 17.2. The molecule has 0 saturated heterocycles. The Hall–Kier alpha value is -2.64. The van der Waals surface area contributed by atoms with Crippen molar-refractivity contribution in [1.29, 1.82) is 0 Å². The maximum Gasteiger partial charge on any atom is 0.277 e. The normalized spacial score (nSPS) is 10.7. The molecule has 3 aromatic rings. The summed E-state index contributed by atoms with van der Waals surface area (Å²) < 4.78 is 2.68. The van der Waals surface area contributed by atoms with Gasteiger partial charge in [0.1, 0.15) is 11.5 Å². The minimum absolute atomic E-state index is 0.121. The van der Waals surface area contributed by atoms with Crippen molar-refractivity contribution in [3.8, 4) is 0 Å². The number of carbonyl (C=O) groups is 1. The van der Waals surface area contributed by atoms with Gasteiger partial charge >= 0.3 is 0 Å². The fraction of sp³-hybridized carbons (Fsp3) is 0.125. The van der Waals surface area contributed by atoms with Crippen LogP contribution in [0.25, 0.3) is 0 Å². The molecule has 0 aliphatic carbocycles. The van der Waals surface area contributed by atoms with E-state index in [1.54, 1.807) is 29.1 Å². The van der Waals surface area contributed by atoms with Crippen molar-refractivity contribution in [1.82, 2.24) is 19.6 Å². The Morgan fingerprint density at radius 3 is 2.76 bits per heavy atom. The van der Waals surface area contributed by atoms with Crippen LogP contribution in [-0.4, -0.2) is 25.5 Å². The van der Waals surface area contributed by atoms with Gasteiger partial charge in [-0.15, -0.1) is 0 Å². The van der Waals surface area contributed by atoms with Gasteiger partial charge in [0.15, 0.2) is 0 Å². The van der Waals surface area contributed by atoms with Crippen molar-refractivity contribution in [3.05, 3.63) is 74.3 Å². The molecule has 25 heavy (non-hydrogen) atoms. The predicted octanol–water partition coefficient (Wildman–Crippen LogP) is 2.58. The van der Waals surface area contributed by atoms with Crippen molar-refractivity contribution in [3.63, 3.8) is 0 Å². The Bertz CT molecular complexity index is 996. The van der Waals surface area contributed by atoms with Gasteiger partial charge in [-0.1, -0.05) is 35.3 Å². The van der Waals surface area contributed by atoms with Gasteiger partial charge in [-0.25, -0.2) is 9.36 Å². The van der Waals surface area contributed by atoms with Crippen molar-refractivity contribution in [2.24, 2.45) is 7.05 Å². The smallest absolute Gasteiger partial charge is 0.277 e. The molecule has 0 spiro atoms. The standard InChI is InChI=1S/C16H13Cl2N5O2/c1-22-14(24)6-5-12(21-22)16(25)20-13-7-8-19-23(13)9-10-3-2-4-11(17)15(10)18/h2-8H,9H2,1H3,(H,20,25). The van der Waals surface area contributed by atoms with E-state index in [0.717, 1.165) is 10.2 Å². The maximum absolute atomic E-state index is 12.3. The summed E-state index contributed by atoms with van der Waals surface area (Å²) in [5, 5.41) is 11.7. The summed E-state index contributed by atoms with van der Waals surface area (Å²) in [6, 6.07) is 9.62. The van der Waals surface area contributed by atoms with Crippen LogP contribution in [0.1, 0.15) is 16.1 Å². The van der Waals surface area contributed by atoms with E-state index in [1.807, 2.05) is 6.07 Å².